The van der Waals surface area contributed by atoms with E-state index in [4.69, 9.17) is 18.9 Å². The Bertz CT molecular complexity index is 1460. The minimum Gasteiger partial charge on any atom is -0.465 e. The minimum absolute atomic E-state index is 0.00293. The predicted octanol–water partition coefficient (Wildman–Crippen LogP) is 9.18. The van der Waals surface area contributed by atoms with Crippen molar-refractivity contribution in [1.29, 1.82) is 0 Å². The lowest BCUT2D eigenvalue weighted by atomic mass is 9.76. The molecular formula is C47H70O8. The fourth-order valence-electron chi connectivity index (χ4n) is 13.2. The molecule has 6 aliphatic carbocycles. The smallest absolute Gasteiger partial charge is 0.333 e. The molecule has 8 heteroatoms. The van der Waals surface area contributed by atoms with Gasteiger partial charge in [0.1, 0.15) is 0 Å². The molecule has 0 aromatic rings. The van der Waals surface area contributed by atoms with E-state index in [1.165, 1.54) is 18.9 Å². The van der Waals surface area contributed by atoms with Crippen LogP contribution in [0.2, 0.25) is 0 Å². The van der Waals surface area contributed by atoms with E-state index in [1.54, 1.807) is 6.92 Å². The predicted molar refractivity (Wildman–Crippen MR) is 212 cm³/mol. The summed E-state index contributed by atoms with van der Waals surface area (Å²) in [5, 5.41) is 0. The second-order valence-electron chi connectivity index (χ2n) is 19.8. The molecule has 306 valence electrons. The van der Waals surface area contributed by atoms with E-state index in [9.17, 15) is 19.2 Å². The summed E-state index contributed by atoms with van der Waals surface area (Å²) in [6, 6.07) is 0. The standard InChI is InChI=1S/C47H70O8/c1-9-44(48)52-22-31-13-38-34-18-36(41(20-34)42(38)15-31)25-55-47(51)37(30(8)12-29(7)11-28(6)10-26(2)3)21-45(49)53-23-32-14-39-33-17-35(24-54-46(50)27(4)5)40(19-33)43(39)16-32/h9,12,26,28-29,31-43H,1,4,10-11,13-25H2,2-3,5-8H3/b30-12+/t28?,29?,31?,32?,33-,34-,35?,36?,37?,38-,39-,40?,41?,42?,43?/m1/s1. The number of esters is 4. The van der Waals surface area contributed by atoms with Crippen LogP contribution in [0.1, 0.15) is 112 Å². The summed E-state index contributed by atoms with van der Waals surface area (Å²) in [6.07, 6.45) is 14.5. The Morgan fingerprint density at radius 2 is 1.20 bits per heavy atom. The Balaban J connectivity index is 1.02. The normalized spacial score (nSPS) is 35.9. The maximum absolute atomic E-state index is 14.0. The number of hydrogen-bond donors (Lipinski definition) is 0. The van der Waals surface area contributed by atoms with Crippen LogP contribution in [0.4, 0.5) is 0 Å². The SMILES string of the molecule is C=CC(=O)OCC1CC2C3C[C@@H](CC3COC(=O)C(CC(=O)OCC3CC4C5C[C@@H](CC5COC(=O)C(=C)C)[C@H]4C3)/C(C)=C/C(C)CC(C)CC(C)C)[C@H]2C1. The molecule has 55 heavy (non-hydrogen) atoms. The van der Waals surface area contributed by atoms with Crippen LogP contribution in [-0.4, -0.2) is 50.3 Å². The van der Waals surface area contributed by atoms with Crippen LogP contribution in [-0.2, 0) is 38.1 Å². The number of carbonyl (C=O) groups is 4. The van der Waals surface area contributed by atoms with Crippen molar-refractivity contribution in [3.63, 3.8) is 0 Å². The lowest BCUT2D eigenvalue weighted by molar-refractivity contribution is -0.155. The van der Waals surface area contributed by atoms with E-state index < -0.39 is 5.92 Å². The van der Waals surface area contributed by atoms with Crippen molar-refractivity contribution in [2.24, 2.45) is 94.7 Å². The molecule has 0 heterocycles. The Labute approximate surface area is 331 Å². The Hall–Kier alpha value is -2.90. The van der Waals surface area contributed by atoms with E-state index >= 15 is 0 Å². The van der Waals surface area contributed by atoms with Gasteiger partial charge in [0.2, 0.25) is 0 Å². The zero-order valence-corrected chi connectivity index (χ0v) is 34.7. The largest absolute Gasteiger partial charge is 0.465 e. The fraction of sp³-hybridized carbons (Fsp3) is 0.787. The highest BCUT2D eigenvalue weighted by Crippen LogP contribution is 2.63. The Kier molecular flexibility index (Phi) is 13.8. The van der Waals surface area contributed by atoms with E-state index in [-0.39, 0.29) is 36.2 Å². The average molecular weight is 763 g/mol. The maximum Gasteiger partial charge on any atom is 0.333 e. The van der Waals surface area contributed by atoms with Gasteiger partial charge in [0.05, 0.1) is 38.8 Å². The summed E-state index contributed by atoms with van der Waals surface area (Å²) in [4.78, 5) is 51.2. The number of carbonyl (C=O) groups excluding carboxylic acids is 4. The van der Waals surface area contributed by atoms with Crippen LogP contribution in [0, 0.1) is 94.7 Å². The minimum atomic E-state index is -0.654. The van der Waals surface area contributed by atoms with Crippen LogP contribution in [0.15, 0.2) is 36.5 Å². The molecule has 11 unspecified atom stereocenters. The van der Waals surface area contributed by atoms with E-state index in [2.05, 4.69) is 46.9 Å². The molecule has 0 radical (unpaired) electrons. The quantitative estimate of drug-likeness (QED) is 0.0556. The summed E-state index contributed by atoms with van der Waals surface area (Å²) in [7, 11) is 0. The number of ether oxygens (including phenoxy) is 4. The van der Waals surface area contributed by atoms with Crippen molar-refractivity contribution in [3.8, 4) is 0 Å². The molecule has 0 N–H and O–H groups in total. The summed E-state index contributed by atoms with van der Waals surface area (Å²) in [6.45, 7) is 21.7. The third-order valence-electron chi connectivity index (χ3n) is 15.1. The van der Waals surface area contributed by atoms with Gasteiger partial charge in [0, 0.05) is 11.6 Å². The highest BCUT2D eigenvalue weighted by Gasteiger charge is 2.57. The maximum atomic E-state index is 14.0. The van der Waals surface area contributed by atoms with Crippen LogP contribution in [0.25, 0.3) is 0 Å². The van der Waals surface area contributed by atoms with Gasteiger partial charge in [-0.3, -0.25) is 9.59 Å². The van der Waals surface area contributed by atoms with Crippen LogP contribution in [0.5, 0.6) is 0 Å². The van der Waals surface area contributed by atoms with Gasteiger partial charge in [-0.1, -0.05) is 52.5 Å². The molecule has 4 bridgehead atoms. The van der Waals surface area contributed by atoms with E-state index in [0.29, 0.717) is 115 Å². The van der Waals surface area contributed by atoms with Gasteiger partial charge < -0.3 is 18.9 Å². The van der Waals surface area contributed by atoms with Crippen LogP contribution in [0.3, 0.4) is 0 Å². The summed E-state index contributed by atoms with van der Waals surface area (Å²) < 4.78 is 23.1. The lowest BCUT2D eigenvalue weighted by Gasteiger charge is -2.31. The number of rotatable bonds is 19. The van der Waals surface area contributed by atoms with E-state index in [0.717, 1.165) is 56.9 Å². The summed E-state index contributed by atoms with van der Waals surface area (Å²) in [5.41, 5.74) is 1.34. The summed E-state index contributed by atoms with van der Waals surface area (Å²) >= 11 is 0. The molecule has 0 aliphatic heterocycles. The van der Waals surface area contributed by atoms with Gasteiger partial charge in [-0.05, 0) is 167 Å². The second-order valence-corrected chi connectivity index (χ2v) is 19.8. The van der Waals surface area contributed by atoms with Crippen molar-refractivity contribution >= 4 is 23.9 Å². The first-order valence-corrected chi connectivity index (χ1v) is 21.8. The lowest BCUT2D eigenvalue weighted by Crippen LogP contribution is -2.30. The first kappa shape index (κ1) is 41.7. The van der Waals surface area contributed by atoms with Gasteiger partial charge in [-0.2, -0.15) is 0 Å². The molecule has 6 aliphatic rings. The van der Waals surface area contributed by atoms with Crippen LogP contribution < -0.4 is 0 Å². The number of hydrogen-bond acceptors (Lipinski definition) is 8. The van der Waals surface area contributed by atoms with Gasteiger partial charge in [0.25, 0.3) is 0 Å². The zero-order chi connectivity index (χ0) is 39.6. The fourth-order valence-corrected chi connectivity index (χ4v) is 13.2. The van der Waals surface area contributed by atoms with Gasteiger partial charge in [-0.25, -0.2) is 9.59 Å². The Morgan fingerprint density at radius 1 is 0.655 bits per heavy atom. The molecule has 0 aromatic heterocycles. The molecular weight excluding hydrogens is 693 g/mol. The molecule has 0 spiro atoms. The molecule has 6 fully saturated rings. The van der Waals surface area contributed by atoms with Gasteiger partial charge >= 0.3 is 23.9 Å². The van der Waals surface area contributed by atoms with E-state index in [1.807, 2.05) is 6.92 Å². The Morgan fingerprint density at radius 3 is 1.75 bits per heavy atom. The third kappa shape index (κ3) is 9.98. The second kappa shape index (κ2) is 18.1. The highest BCUT2D eigenvalue weighted by atomic mass is 16.5. The molecule has 15 atom stereocenters. The average Bonchev–Trinajstić information content (AvgIpc) is 3.97. The monoisotopic (exact) mass is 763 g/mol. The van der Waals surface area contributed by atoms with Gasteiger partial charge in [0.15, 0.2) is 0 Å². The molecule has 0 aromatic carbocycles. The highest BCUT2D eigenvalue weighted by molar-refractivity contribution is 5.87. The van der Waals surface area contributed by atoms with Crippen molar-refractivity contribution in [2.45, 2.75) is 112 Å². The molecule has 6 rings (SSSR count). The van der Waals surface area contributed by atoms with Crippen molar-refractivity contribution in [3.05, 3.63) is 36.5 Å². The molecule has 6 saturated carbocycles. The summed E-state index contributed by atoms with van der Waals surface area (Å²) in [5.74, 6) is 6.02. The van der Waals surface area contributed by atoms with Crippen molar-refractivity contribution < 1.29 is 38.1 Å². The number of allylic oxidation sites excluding steroid dienone is 1. The third-order valence-corrected chi connectivity index (χ3v) is 15.1. The topological polar surface area (TPSA) is 105 Å². The van der Waals surface area contributed by atoms with Gasteiger partial charge in [-0.15, -0.1) is 0 Å². The van der Waals surface area contributed by atoms with Crippen LogP contribution >= 0.6 is 0 Å². The van der Waals surface area contributed by atoms with Crippen molar-refractivity contribution in [1.82, 2.24) is 0 Å². The molecule has 8 nitrogen and oxygen atoms in total. The zero-order valence-electron chi connectivity index (χ0n) is 34.7. The molecule has 0 amide bonds. The first-order valence-electron chi connectivity index (χ1n) is 21.8. The number of fused-ring (bicyclic) bond motifs is 10. The first-order chi connectivity index (χ1) is 26.2. The van der Waals surface area contributed by atoms with Crippen molar-refractivity contribution in [2.75, 3.05) is 26.4 Å². The molecule has 0 saturated heterocycles.